The number of methoxy groups -OCH3 is 1. The van der Waals surface area contributed by atoms with Crippen LogP contribution in [0, 0.1) is 0 Å². The molecule has 0 saturated carbocycles. The summed E-state index contributed by atoms with van der Waals surface area (Å²) < 4.78 is 31.8. The van der Waals surface area contributed by atoms with Gasteiger partial charge in [-0.25, -0.2) is 13.1 Å². The predicted octanol–water partition coefficient (Wildman–Crippen LogP) is -0.595. The van der Waals surface area contributed by atoms with Crippen LogP contribution in [0.1, 0.15) is 0 Å². The number of ether oxygens (including phenoxy) is 1. The summed E-state index contributed by atoms with van der Waals surface area (Å²) in [6.45, 7) is 2.39. The van der Waals surface area contributed by atoms with E-state index in [9.17, 15) is 13.2 Å². The number of carbonyl (C=O) groups excluding carboxylic acids is 1. The van der Waals surface area contributed by atoms with E-state index in [4.69, 9.17) is 4.74 Å². The molecular weight excluding hydrogens is 294 g/mol. The van der Waals surface area contributed by atoms with E-state index < -0.39 is 10.0 Å². The molecule has 0 spiro atoms. The standard InChI is InChI=1S/C13H19N3O4S/c1-20-11-4-2-3-5-12(11)21(18,19)15-10-13(17)16-8-6-14-7-9-16/h2-5,14-15H,6-10H2,1H3. The lowest BCUT2D eigenvalue weighted by Gasteiger charge is -2.27. The number of benzene rings is 1. The van der Waals surface area contributed by atoms with Crippen molar-refractivity contribution >= 4 is 15.9 Å². The van der Waals surface area contributed by atoms with E-state index in [1.54, 1.807) is 23.1 Å². The summed E-state index contributed by atoms with van der Waals surface area (Å²) >= 11 is 0. The maximum atomic E-state index is 12.2. The molecule has 116 valence electrons. The molecule has 0 radical (unpaired) electrons. The smallest absolute Gasteiger partial charge is 0.244 e. The molecule has 0 atom stereocenters. The Morgan fingerprint density at radius 2 is 2.00 bits per heavy atom. The second-order valence-corrected chi connectivity index (χ2v) is 6.34. The van der Waals surface area contributed by atoms with E-state index in [2.05, 4.69) is 10.0 Å². The molecule has 21 heavy (non-hydrogen) atoms. The number of amides is 1. The van der Waals surface area contributed by atoms with Crippen LogP contribution in [0.4, 0.5) is 0 Å². The molecule has 1 aromatic rings. The second-order valence-electron chi connectivity index (χ2n) is 4.61. The first kappa shape index (κ1) is 15.7. The lowest BCUT2D eigenvalue weighted by Crippen LogP contribution is -2.49. The number of para-hydroxylation sites is 1. The molecule has 0 aliphatic carbocycles. The van der Waals surface area contributed by atoms with Crippen LogP contribution in [0.25, 0.3) is 0 Å². The number of rotatable bonds is 5. The van der Waals surface area contributed by atoms with Crippen molar-refractivity contribution in [1.29, 1.82) is 0 Å². The molecule has 1 fully saturated rings. The third-order valence-corrected chi connectivity index (χ3v) is 4.68. The van der Waals surface area contributed by atoms with Crippen LogP contribution >= 0.6 is 0 Å². The van der Waals surface area contributed by atoms with Crippen molar-refractivity contribution in [2.75, 3.05) is 39.8 Å². The van der Waals surface area contributed by atoms with Crippen LogP contribution in [0.2, 0.25) is 0 Å². The molecule has 8 heteroatoms. The van der Waals surface area contributed by atoms with Crippen molar-refractivity contribution in [2.45, 2.75) is 4.90 Å². The Kier molecular flexibility index (Phi) is 5.16. The Labute approximate surface area is 124 Å². The zero-order valence-corrected chi connectivity index (χ0v) is 12.6. The molecule has 1 saturated heterocycles. The Hall–Kier alpha value is -1.64. The predicted molar refractivity (Wildman–Crippen MR) is 77.6 cm³/mol. The monoisotopic (exact) mass is 313 g/mol. The van der Waals surface area contributed by atoms with E-state index in [0.717, 1.165) is 13.1 Å². The summed E-state index contributed by atoms with van der Waals surface area (Å²) in [6.07, 6.45) is 0. The molecule has 1 aromatic carbocycles. The first-order valence-electron chi connectivity index (χ1n) is 6.66. The molecule has 1 aliphatic rings. The van der Waals surface area contributed by atoms with Crippen LogP contribution in [0.15, 0.2) is 29.2 Å². The number of carbonyl (C=O) groups is 1. The highest BCUT2D eigenvalue weighted by Crippen LogP contribution is 2.22. The summed E-state index contributed by atoms with van der Waals surface area (Å²) in [5.74, 6) is 0.0228. The van der Waals surface area contributed by atoms with Crippen LogP contribution in [-0.4, -0.2) is 59.1 Å². The average molecular weight is 313 g/mol. The number of nitrogens with one attached hydrogen (secondary N) is 2. The molecule has 1 aliphatic heterocycles. The first-order chi connectivity index (χ1) is 10.0. The van der Waals surface area contributed by atoms with Gasteiger partial charge in [-0.1, -0.05) is 12.1 Å². The summed E-state index contributed by atoms with van der Waals surface area (Å²) in [5, 5.41) is 3.13. The Bertz CT molecular complexity index is 597. The van der Waals surface area contributed by atoms with E-state index in [-0.39, 0.29) is 23.1 Å². The van der Waals surface area contributed by atoms with Crippen LogP contribution < -0.4 is 14.8 Å². The molecule has 7 nitrogen and oxygen atoms in total. The normalized spacial score (nSPS) is 15.8. The van der Waals surface area contributed by atoms with Crippen molar-refractivity contribution in [3.8, 4) is 5.75 Å². The van der Waals surface area contributed by atoms with Gasteiger partial charge in [-0.3, -0.25) is 4.79 Å². The van der Waals surface area contributed by atoms with E-state index in [1.807, 2.05) is 0 Å². The molecule has 1 amide bonds. The van der Waals surface area contributed by atoms with Gasteiger partial charge in [0.05, 0.1) is 13.7 Å². The van der Waals surface area contributed by atoms with Gasteiger partial charge in [-0.15, -0.1) is 0 Å². The van der Waals surface area contributed by atoms with Gasteiger partial charge < -0.3 is 15.0 Å². The highest BCUT2D eigenvalue weighted by Gasteiger charge is 2.22. The van der Waals surface area contributed by atoms with Gasteiger partial charge in [0.1, 0.15) is 10.6 Å². The Morgan fingerprint density at radius 1 is 1.33 bits per heavy atom. The molecule has 2 N–H and O–H groups in total. The summed E-state index contributed by atoms with van der Waals surface area (Å²) in [6, 6.07) is 6.29. The molecule has 1 heterocycles. The summed E-state index contributed by atoms with van der Waals surface area (Å²) in [7, 11) is -2.37. The summed E-state index contributed by atoms with van der Waals surface area (Å²) in [5.41, 5.74) is 0. The van der Waals surface area contributed by atoms with Crippen molar-refractivity contribution in [3.05, 3.63) is 24.3 Å². The maximum Gasteiger partial charge on any atom is 0.244 e. The number of hydrogen-bond donors (Lipinski definition) is 2. The zero-order valence-electron chi connectivity index (χ0n) is 11.8. The first-order valence-corrected chi connectivity index (χ1v) is 8.14. The van der Waals surface area contributed by atoms with Crippen LogP contribution in [0.3, 0.4) is 0 Å². The lowest BCUT2D eigenvalue weighted by molar-refractivity contribution is -0.130. The highest BCUT2D eigenvalue weighted by molar-refractivity contribution is 7.89. The topological polar surface area (TPSA) is 87.7 Å². The molecule has 0 aromatic heterocycles. The third-order valence-electron chi connectivity index (χ3n) is 3.24. The zero-order chi connectivity index (χ0) is 15.3. The van der Waals surface area contributed by atoms with Crippen molar-refractivity contribution in [1.82, 2.24) is 14.9 Å². The minimum Gasteiger partial charge on any atom is -0.495 e. The van der Waals surface area contributed by atoms with E-state index >= 15 is 0 Å². The summed E-state index contributed by atoms with van der Waals surface area (Å²) in [4.78, 5) is 13.6. The second kappa shape index (κ2) is 6.88. The van der Waals surface area contributed by atoms with E-state index in [0.29, 0.717) is 13.1 Å². The fourth-order valence-electron chi connectivity index (χ4n) is 2.10. The quantitative estimate of drug-likeness (QED) is 0.758. The largest absolute Gasteiger partial charge is 0.495 e. The van der Waals surface area contributed by atoms with Gasteiger partial charge in [-0.05, 0) is 12.1 Å². The lowest BCUT2D eigenvalue weighted by atomic mass is 10.3. The molecular formula is C13H19N3O4S. The van der Waals surface area contributed by atoms with E-state index in [1.165, 1.54) is 13.2 Å². The SMILES string of the molecule is COc1ccccc1S(=O)(=O)NCC(=O)N1CCNCC1. The number of nitrogens with zero attached hydrogens (tertiary/aromatic N) is 1. The Morgan fingerprint density at radius 3 is 2.67 bits per heavy atom. The van der Waals surface area contributed by atoms with Crippen molar-refractivity contribution in [2.24, 2.45) is 0 Å². The molecule has 0 unspecified atom stereocenters. The van der Waals surface area contributed by atoms with Gasteiger partial charge in [0.15, 0.2) is 0 Å². The van der Waals surface area contributed by atoms with Gasteiger partial charge in [-0.2, -0.15) is 0 Å². The fraction of sp³-hybridized carbons (Fsp3) is 0.462. The number of hydrogen-bond acceptors (Lipinski definition) is 5. The average Bonchev–Trinajstić information content (AvgIpc) is 2.53. The van der Waals surface area contributed by atoms with Gasteiger partial charge in [0, 0.05) is 26.2 Å². The van der Waals surface area contributed by atoms with Gasteiger partial charge in [0.25, 0.3) is 0 Å². The Balaban J connectivity index is 2.02. The number of sulfonamides is 1. The van der Waals surface area contributed by atoms with Crippen LogP contribution in [-0.2, 0) is 14.8 Å². The molecule has 2 rings (SSSR count). The van der Waals surface area contributed by atoms with Gasteiger partial charge >= 0.3 is 0 Å². The molecule has 0 bridgehead atoms. The highest BCUT2D eigenvalue weighted by atomic mass is 32.2. The minimum atomic E-state index is -3.77. The van der Waals surface area contributed by atoms with Crippen LogP contribution in [0.5, 0.6) is 5.75 Å². The third kappa shape index (κ3) is 3.93. The van der Waals surface area contributed by atoms with Crippen molar-refractivity contribution < 1.29 is 17.9 Å². The van der Waals surface area contributed by atoms with Crippen molar-refractivity contribution in [3.63, 3.8) is 0 Å². The van der Waals surface area contributed by atoms with Gasteiger partial charge in [0.2, 0.25) is 15.9 Å². The fourth-order valence-corrected chi connectivity index (χ4v) is 3.24. The minimum absolute atomic E-state index is 0.0283. The number of piperazine rings is 1. The maximum absolute atomic E-state index is 12.2.